The van der Waals surface area contributed by atoms with E-state index < -0.39 is 0 Å². The van der Waals surface area contributed by atoms with Gasteiger partial charge in [-0.2, -0.15) is 0 Å². The van der Waals surface area contributed by atoms with Crippen molar-refractivity contribution in [2.75, 3.05) is 0 Å². The van der Waals surface area contributed by atoms with Crippen LogP contribution < -0.4 is 0 Å². The van der Waals surface area contributed by atoms with Gasteiger partial charge in [-0.3, -0.25) is 0 Å². The molecule has 0 aromatic heterocycles. The zero-order valence-corrected chi connectivity index (χ0v) is 8.64. The van der Waals surface area contributed by atoms with Gasteiger partial charge < -0.3 is 0 Å². The van der Waals surface area contributed by atoms with Crippen LogP contribution >= 0.6 is 43.5 Å². The van der Waals surface area contributed by atoms with Crippen LogP contribution in [0.2, 0.25) is 0 Å². The maximum atomic E-state index is 5.99. The summed E-state index contributed by atoms with van der Waals surface area (Å²) >= 11 is 12.9. The van der Waals surface area contributed by atoms with Gasteiger partial charge in [-0.05, 0) is 6.92 Å². The second kappa shape index (κ2) is 1.64. The third-order valence-electron chi connectivity index (χ3n) is 1.93. The molecular weight excluding hydrogens is 255 g/mol. The summed E-state index contributed by atoms with van der Waals surface area (Å²) in [5.41, 5.74) is 0. The van der Waals surface area contributed by atoms with E-state index in [2.05, 4.69) is 38.8 Å². The Hall–Kier alpha value is 1.25. The molecule has 8 heavy (non-hydrogen) atoms. The Morgan fingerprint density at radius 2 is 1.62 bits per heavy atom. The van der Waals surface area contributed by atoms with Gasteiger partial charge in [-0.1, -0.05) is 38.8 Å². The summed E-state index contributed by atoms with van der Waals surface area (Å²) in [6.07, 6.45) is 0. The number of halogens is 3. The SMILES string of the molecule is C[C@@H]1C(Br)(Br)[C@@]1(C)Cl. The predicted octanol–water partition coefficient (Wildman–Crippen LogP) is 3.12. The van der Waals surface area contributed by atoms with Gasteiger partial charge in [0.05, 0.1) is 4.87 Å². The first kappa shape index (κ1) is 7.36. The maximum absolute atomic E-state index is 5.99. The summed E-state index contributed by atoms with van der Waals surface area (Å²) in [7, 11) is 0. The fourth-order valence-corrected chi connectivity index (χ4v) is 2.61. The summed E-state index contributed by atoms with van der Waals surface area (Å²) in [6, 6.07) is 0. The van der Waals surface area contributed by atoms with Gasteiger partial charge in [0.15, 0.2) is 0 Å². The molecule has 48 valence electrons. The van der Waals surface area contributed by atoms with Crippen molar-refractivity contribution in [3.8, 4) is 0 Å². The van der Waals surface area contributed by atoms with Crippen LogP contribution in [0.15, 0.2) is 0 Å². The van der Waals surface area contributed by atoms with E-state index in [4.69, 9.17) is 11.6 Å². The molecule has 0 N–H and O–H groups in total. The van der Waals surface area contributed by atoms with E-state index >= 15 is 0 Å². The molecule has 3 heteroatoms. The second-order valence-corrected chi connectivity index (χ2v) is 6.77. The molecule has 1 aliphatic rings. The Kier molecular flexibility index (Phi) is 1.51. The van der Waals surface area contributed by atoms with Gasteiger partial charge in [-0.15, -0.1) is 11.6 Å². The first-order valence-corrected chi connectivity index (χ1v) is 4.44. The molecule has 0 nitrogen and oxygen atoms in total. The van der Waals surface area contributed by atoms with Crippen molar-refractivity contribution in [1.29, 1.82) is 0 Å². The van der Waals surface area contributed by atoms with Gasteiger partial charge in [0.1, 0.15) is 3.23 Å². The minimum Gasteiger partial charge on any atom is -0.117 e. The molecule has 0 radical (unpaired) electrons. The summed E-state index contributed by atoms with van der Waals surface area (Å²) in [5.74, 6) is 0.511. The van der Waals surface area contributed by atoms with Crippen LogP contribution in [0.5, 0.6) is 0 Å². The molecule has 1 fully saturated rings. The lowest BCUT2D eigenvalue weighted by Crippen LogP contribution is -1.99. The minimum atomic E-state index is -0.0903. The zero-order valence-electron chi connectivity index (χ0n) is 4.71. The van der Waals surface area contributed by atoms with Crippen molar-refractivity contribution in [1.82, 2.24) is 0 Å². The lowest BCUT2D eigenvalue weighted by atomic mass is 10.4. The van der Waals surface area contributed by atoms with Gasteiger partial charge in [0.25, 0.3) is 0 Å². The van der Waals surface area contributed by atoms with Gasteiger partial charge >= 0.3 is 0 Å². The molecule has 0 unspecified atom stereocenters. The zero-order chi connectivity index (χ0) is 6.58. The number of alkyl halides is 3. The standard InChI is InChI=1S/C5H7Br2Cl/c1-3-4(2,8)5(3,6)7/h3H,1-2H3/t3-,4-/m0/s1. The highest BCUT2D eigenvalue weighted by molar-refractivity contribution is 9.25. The minimum absolute atomic E-state index is 0.00540. The van der Waals surface area contributed by atoms with E-state index in [0.717, 1.165) is 0 Å². The summed E-state index contributed by atoms with van der Waals surface area (Å²) in [6.45, 7) is 4.12. The topological polar surface area (TPSA) is 0 Å². The number of rotatable bonds is 0. The molecule has 1 aliphatic carbocycles. The third kappa shape index (κ3) is 0.691. The predicted molar refractivity (Wildman–Crippen MR) is 44.0 cm³/mol. The van der Waals surface area contributed by atoms with Crippen molar-refractivity contribution in [2.45, 2.75) is 22.0 Å². The van der Waals surface area contributed by atoms with E-state index in [1.165, 1.54) is 0 Å². The Labute approximate surface area is 71.2 Å². The molecule has 1 saturated carbocycles. The highest BCUT2D eigenvalue weighted by Crippen LogP contribution is 2.68. The Balaban J connectivity index is 2.72. The molecule has 2 atom stereocenters. The average Bonchev–Trinajstić information content (AvgIpc) is 1.88. The molecule has 0 saturated heterocycles. The monoisotopic (exact) mass is 260 g/mol. The van der Waals surface area contributed by atoms with Crippen molar-refractivity contribution >= 4 is 43.5 Å². The fourth-order valence-electron chi connectivity index (χ4n) is 0.696. The normalized spacial score (nSPS) is 51.4. The van der Waals surface area contributed by atoms with Crippen LogP contribution in [0.25, 0.3) is 0 Å². The molecule has 1 rings (SSSR count). The molecule has 0 bridgehead atoms. The molecule has 0 heterocycles. The van der Waals surface area contributed by atoms with Crippen molar-refractivity contribution in [3.05, 3.63) is 0 Å². The number of hydrogen-bond acceptors (Lipinski definition) is 0. The average molecular weight is 262 g/mol. The molecule has 0 aromatic rings. The van der Waals surface area contributed by atoms with Crippen LogP contribution in [0, 0.1) is 5.92 Å². The largest absolute Gasteiger partial charge is 0.117 e. The van der Waals surface area contributed by atoms with Crippen LogP contribution in [-0.4, -0.2) is 8.11 Å². The van der Waals surface area contributed by atoms with Crippen LogP contribution in [0.3, 0.4) is 0 Å². The summed E-state index contributed by atoms with van der Waals surface area (Å²) in [5, 5.41) is 0. The van der Waals surface area contributed by atoms with Gasteiger partial charge in [-0.25, -0.2) is 0 Å². The van der Waals surface area contributed by atoms with Gasteiger partial charge in [0.2, 0.25) is 0 Å². The highest BCUT2D eigenvalue weighted by Gasteiger charge is 2.68. The van der Waals surface area contributed by atoms with Crippen molar-refractivity contribution in [2.24, 2.45) is 5.92 Å². The smallest absolute Gasteiger partial charge is 0.104 e. The molecule has 0 spiro atoms. The van der Waals surface area contributed by atoms with E-state index in [-0.39, 0.29) is 8.11 Å². The first-order chi connectivity index (χ1) is 3.40. The Morgan fingerprint density at radius 3 is 1.62 bits per heavy atom. The van der Waals surface area contributed by atoms with Crippen LogP contribution in [0.1, 0.15) is 13.8 Å². The van der Waals surface area contributed by atoms with Crippen molar-refractivity contribution < 1.29 is 0 Å². The molecule has 0 aromatic carbocycles. The van der Waals surface area contributed by atoms with E-state index in [0.29, 0.717) is 5.92 Å². The van der Waals surface area contributed by atoms with Crippen LogP contribution in [0.4, 0.5) is 0 Å². The lowest BCUT2D eigenvalue weighted by Gasteiger charge is -1.97. The second-order valence-electron chi connectivity index (χ2n) is 2.42. The molecule has 0 aliphatic heterocycles. The highest BCUT2D eigenvalue weighted by atomic mass is 79.9. The molecular formula is C5H7Br2Cl. The van der Waals surface area contributed by atoms with E-state index in [9.17, 15) is 0 Å². The van der Waals surface area contributed by atoms with Crippen LogP contribution in [-0.2, 0) is 0 Å². The summed E-state index contributed by atoms with van der Waals surface area (Å²) in [4.78, 5) is -0.0903. The first-order valence-electron chi connectivity index (χ1n) is 2.47. The van der Waals surface area contributed by atoms with E-state index in [1.54, 1.807) is 0 Å². The Bertz CT molecular complexity index is 106. The fraction of sp³-hybridized carbons (Fsp3) is 1.00. The molecule has 0 amide bonds. The third-order valence-corrected chi connectivity index (χ3v) is 6.03. The number of hydrogen-bond donors (Lipinski definition) is 0. The summed E-state index contributed by atoms with van der Waals surface area (Å²) < 4.78 is -0.00540. The lowest BCUT2D eigenvalue weighted by molar-refractivity contribution is 0.868. The Morgan fingerprint density at radius 1 is 1.50 bits per heavy atom. The quantitative estimate of drug-likeness (QED) is 0.588. The van der Waals surface area contributed by atoms with E-state index in [1.807, 2.05) is 6.92 Å². The van der Waals surface area contributed by atoms with Crippen molar-refractivity contribution in [3.63, 3.8) is 0 Å². The van der Waals surface area contributed by atoms with Gasteiger partial charge in [0, 0.05) is 5.92 Å². The maximum Gasteiger partial charge on any atom is 0.104 e.